The van der Waals surface area contributed by atoms with Gasteiger partial charge in [0, 0.05) is 0 Å². The van der Waals surface area contributed by atoms with Crippen LogP contribution < -0.4 is 0 Å². The van der Waals surface area contributed by atoms with Gasteiger partial charge in [-0.05, 0) is 0 Å². The first-order chi connectivity index (χ1) is 6.83. The first-order valence-corrected chi connectivity index (χ1v) is 15.2. The van der Waals surface area contributed by atoms with Gasteiger partial charge in [-0.3, -0.25) is 0 Å². The van der Waals surface area contributed by atoms with E-state index in [4.69, 9.17) is 10.9 Å². The molecule has 0 radical (unpaired) electrons. The Bertz CT molecular complexity index is 190. The van der Waals surface area contributed by atoms with Crippen LogP contribution in [0.4, 0.5) is 0 Å². The second-order valence-corrected chi connectivity index (χ2v) is 25.6. The Balaban J connectivity index is 1.82. The second kappa shape index (κ2) is 4.39. The summed E-state index contributed by atoms with van der Waals surface area (Å²) >= 11 is -5.51. The van der Waals surface area contributed by atoms with Crippen molar-refractivity contribution in [2.45, 2.75) is 33.7 Å². The SMILES string of the molecule is CCC1[As]2O[As]3O[As]1O[As](O2)C3CC. The molecule has 4 heterocycles. The van der Waals surface area contributed by atoms with Crippen LogP contribution in [0.2, 0.25) is 6.99 Å². The third-order valence-corrected chi connectivity index (χ3v) is 34.5. The molecule has 0 aromatic rings. The molecule has 4 rings (SSSR count). The summed E-state index contributed by atoms with van der Waals surface area (Å²) in [7, 11) is 0. The second-order valence-electron chi connectivity index (χ2n) is 3.25. The molecule has 80 valence electrons. The first-order valence-electron chi connectivity index (χ1n) is 4.72. The summed E-state index contributed by atoms with van der Waals surface area (Å²) in [6, 6.07) is 0. The molecule has 4 aliphatic rings. The Morgan fingerprint density at radius 1 is 0.714 bits per heavy atom. The monoisotopic (exact) mass is 448 g/mol. The third kappa shape index (κ3) is 1.66. The molecule has 0 atom stereocenters. The maximum atomic E-state index is 6.07. The van der Waals surface area contributed by atoms with Crippen molar-refractivity contribution in [3.05, 3.63) is 0 Å². The Morgan fingerprint density at radius 3 is 1.21 bits per heavy atom. The Labute approximate surface area is 105 Å². The van der Waals surface area contributed by atoms with Gasteiger partial charge < -0.3 is 0 Å². The average Bonchev–Trinajstić information content (AvgIpc) is 2.17. The molecule has 0 amide bonds. The summed E-state index contributed by atoms with van der Waals surface area (Å²) in [5.41, 5.74) is 0. The maximum absolute atomic E-state index is 6.07. The van der Waals surface area contributed by atoms with Crippen molar-refractivity contribution in [1.82, 2.24) is 0 Å². The van der Waals surface area contributed by atoms with E-state index in [0.717, 1.165) is 12.8 Å². The number of rotatable bonds is 2. The van der Waals surface area contributed by atoms with Crippen molar-refractivity contribution in [2.75, 3.05) is 0 Å². The number of hydrogen-bond donors (Lipinski definition) is 0. The quantitative estimate of drug-likeness (QED) is 0.584. The Morgan fingerprint density at radius 2 is 1.00 bits per heavy atom. The molecule has 0 saturated carbocycles. The van der Waals surface area contributed by atoms with Crippen LogP contribution in [-0.4, -0.2) is 61.3 Å². The molecule has 0 unspecified atom stereocenters. The summed E-state index contributed by atoms with van der Waals surface area (Å²) in [6.07, 6.45) is 2.28. The Hall–Kier alpha value is 2.07. The zero-order chi connectivity index (χ0) is 9.71. The third-order valence-electron chi connectivity index (χ3n) is 2.35. The van der Waals surface area contributed by atoms with E-state index >= 15 is 0 Å². The van der Waals surface area contributed by atoms with Gasteiger partial charge in [-0.1, -0.05) is 0 Å². The van der Waals surface area contributed by atoms with Crippen LogP contribution >= 0.6 is 0 Å². The van der Waals surface area contributed by atoms with Crippen molar-refractivity contribution in [1.29, 1.82) is 0 Å². The zero-order valence-corrected chi connectivity index (χ0v) is 15.5. The van der Waals surface area contributed by atoms with Crippen LogP contribution in [0.5, 0.6) is 0 Å². The first kappa shape index (κ1) is 11.2. The van der Waals surface area contributed by atoms with Crippen molar-refractivity contribution in [3.63, 3.8) is 0 Å². The van der Waals surface area contributed by atoms with E-state index in [2.05, 4.69) is 13.8 Å². The molecular formula is C6H12As4O4. The zero-order valence-electron chi connectivity index (χ0n) is 7.99. The Kier molecular flexibility index (Phi) is 3.51. The minimum absolute atomic E-state index is 0.601. The molecule has 0 aliphatic carbocycles. The standard InChI is InChI=1S/C6H12As4O4/c1-3-5-7-11-9-6(4-2)10(12-7)14-8(5)13-9/h5-6H,3-4H2,1-2H3. The van der Waals surface area contributed by atoms with Crippen molar-refractivity contribution < 1.29 is 10.9 Å². The van der Waals surface area contributed by atoms with Crippen LogP contribution in [0.1, 0.15) is 26.7 Å². The summed E-state index contributed by atoms with van der Waals surface area (Å²) in [6.45, 7) is 4.41. The van der Waals surface area contributed by atoms with E-state index in [1.54, 1.807) is 0 Å². The van der Waals surface area contributed by atoms with Crippen LogP contribution in [0.25, 0.3) is 0 Å². The molecule has 0 aromatic heterocycles. The molecule has 0 aromatic carbocycles. The van der Waals surface area contributed by atoms with Gasteiger partial charge >= 0.3 is 106 Å². The fourth-order valence-electron chi connectivity index (χ4n) is 1.56. The van der Waals surface area contributed by atoms with Crippen LogP contribution in [0.3, 0.4) is 0 Å². The van der Waals surface area contributed by atoms with Gasteiger partial charge in [0.1, 0.15) is 0 Å². The molecule has 4 aliphatic heterocycles. The fraction of sp³-hybridized carbons (Fsp3) is 1.00. The molecule has 4 bridgehead atoms. The van der Waals surface area contributed by atoms with Gasteiger partial charge in [0.2, 0.25) is 0 Å². The van der Waals surface area contributed by atoms with E-state index < -0.39 is 61.3 Å². The molecule has 8 heteroatoms. The summed E-state index contributed by atoms with van der Waals surface area (Å²) in [5.74, 6) is 0. The minimum atomic E-state index is -1.38. The molecule has 4 saturated heterocycles. The van der Waals surface area contributed by atoms with Gasteiger partial charge in [-0.15, -0.1) is 0 Å². The summed E-state index contributed by atoms with van der Waals surface area (Å²) in [4.78, 5) is 0. The van der Waals surface area contributed by atoms with E-state index in [0.29, 0.717) is 6.99 Å². The summed E-state index contributed by atoms with van der Waals surface area (Å²) in [5, 5.41) is 0. The summed E-state index contributed by atoms with van der Waals surface area (Å²) < 4.78 is 25.5. The van der Waals surface area contributed by atoms with E-state index in [-0.39, 0.29) is 0 Å². The average molecular weight is 448 g/mol. The van der Waals surface area contributed by atoms with E-state index in [9.17, 15) is 0 Å². The van der Waals surface area contributed by atoms with Gasteiger partial charge in [-0.25, -0.2) is 0 Å². The number of hydrogen-bond acceptors (Lipinski definition) is 4. The fourth-order valence-corrected chi connectivity index (χ4v) is 55.0. The van der Waals surface area contributed by atoms with Crippen molar-refractivity contribution in [2.24, 2.45) is 0 Å². The predicted octanol–water partition coefficient (Wildman–Crippen LogP) is 0.685. The van der Waals surface area contributed by atoms with Crippen LogP contribution in [-0.2, 0) is 10.9 Å². The van der Waals surface area contributed by atoms with Crippen LogP contribution in [0, 0.1) is 0 Å². The molecule has 14 heavy (non-hydrogen) atoms. The van der Waals surface area contributed by atoms with Gasteiger partial charge in [0.15, 0.2) is 0 Å². The van der Waals surface area contributed by atoms with Gasteiger partial charge in [0.25, 0.3) is 0 Å². The van der Waals surface area contributed by atoms with E-state index in [1.807, 2.05) is 0 Å². The van der Waals surface area contributed by atoms with Gasteiger partial charge in [0.05, 0.1) is 0 Å². The normalized spacial score (nSPS) is 55.3. The van der Waals surface area contributed by atoms with E-state index in [1.165, 1.54) is 0 Å². The molecule has 0 N–H and O–H groups in total. The molecule has 4 fully saturated rings. The molecular weight excluding hydrogens is 436 g/mol. The van der Waals surface area contributed by atoms with Crippen molar-refractivity contribution in [3.8, 4) is 0 Å². The topological polar surface area (TPSA) is 36.9 Å². The molecule has 0 spiro atoms. The van der Waals surface area contributed by atoms with Crippen LogP contribution in [0.15, 0.2) is 0 Å². The van der Waals surface area contributed by atoms with Crippen molar-refractivity contribution >= 4 is 61.3 Å². The predicted molar refractivity (Wildman–Crippen MR) is 55.4 cm³/mol. The molecule has 4 nitrogen and oxygen atoms in total. The van der Waals surface area contributed by atoms with Gasteiger partial charge in [-0.2, -0.15) is 0 Å².